The van der Waals surface area contributed by atoms with Gasteiger partial charge < -0.3 is 5.32 Å². The van der Waals surface area contributed by atoms with Gasteiger partial charge in [0.15, 0.2) is 0 Å². The second kappa shape index (κ2) is 5.85. The molecule has 1 aliphatic rings. The molecule has 110 valence electrons. The molecular weight excluding hydrogens is 267 g/mol. The summed E-state index contributed by atoms with van der Waals surface area (Å²) in [6.07, 6.45) is -0.0888. The van der Waals surface area contributed by atoms with Gasteiger partial charge in [-0.05, 0) is 43.0 Å². The van der Waals surface area contributed by atoms with E-state index in [1.807, 2.05) is 0 Å². The van der Waals surface area contributed by atoms with Gasteiger partial charge in [-0.1, -0.05) is 19.8 Å². The van der Waals surface area contributed by atoms with Gasteiger partial charge >= 0.3 is 6.18 Å². The monoisotopic (exact) mass is 285 g/mol. The normalized spacial score (nSPS) is 23.4. The molecule has 0 spiro atoms. The van der Waals surface area contributed by atoms with Gasteiger partial charge in [-0.3, -0.25) is 4.79 Å². The Morgan fingerprint density at radius 2 is 1.75 bits per heavy atom. The Morgan fingerprint density at radius 1 is 1.15 bits per heavy atom. The Bertz CT molecular complexity index is 467. The first-order valence-electron chi connectivity index (χ1n) is 6.86. The molecule has 20 heavy (non-hydrogen) atoms. The van der Waals surface area contributed by atoms with Gasteiger partial charge in [0.2, 0.25) is 0 Å². The maximum atomic E-state index is 12.4. The molecule has 5 heteroatoms. The van der Waals surface area contributed by atoms with Crippen LogP contribution in [0.15, 0.2) is 24.3 Å². The zero-order valence-corrected chi connectivity index (χ0v) is 11.3. The predicted molar refractivity (Wildman–Crippen MR) is 70.3 cm³/mol. The Labute approximate surface area is 116 Å². The van der Waals surface area contributed by atoms with Crippen LogP contribution < -0.4 is 5.32 Å². The summed E-state index contributed by atoms with van der Waals surface area (Å²) in [4.78, 5) is 12.0. The summed E-state index contributed by atoms with van der Waals surface area (Å²) in [7, 11) is 0. The lowest BCUT2D eigenvalue weighted by Crippen LogP contribution is -2.41. The van der Waals surface area contributed by atoms with Crippen LogP contribution in [0.1, 0.15) is 48.5 Å². The van der Waals surface area contributed by atoms with Gasteiger partial charge in [0.25, 0.3) is 5.91 Å². The maximum absolute atomic E-state index is 12.4. The first-order chi connectivity index (χ1) is 9.38. The van der Waals surface area contributed by atoms with Crippen molar-refractivity contribution in [1.82, 2.24) is 5.32 Å². The molecule has 0 aromatic heterocycles. The van der Waals surface area contributed by atoms with E-state index in [4.69, 9.17) is 0 Å². The first-order valence-corrected chi connectivity index (χ1v) is 6.86. The smallest absolute Gasteiger partial charge is 0.349 e. The average Bonchev–Trinajstić information content (AvgIpc) is 2.40. The zero-order valence-electron chi connectivity index (χ0n) is 11.3. The van der Waals surface area contributed by atoms with E-state index in [0.29, 0.717) is 5.92 Å². The minimum Gasteiger partial charge on any atom is -0.349 e. The van der Waals surface area contributed by atoms with Crippen LogP contribution in [0, 0.1) is 5.92 Å². The van der Waals surface area contributed by atoms with Crippen LogP contribution in [-0.2, 0) is 6.18 Å². The predicted octanol–water partition coefficient (Wildman–Crippen LogP) is 4.01. The highest BCUT2D eigenvalue weighted by molar-refractivity contribution is 5.94. The topological polar surface area (TPSA) is 29.1 Å². The third-order valence-electron chi connectivity index (χ3n) is 3.90. The summed E-state index contributed by atoms with van der Waals surface area (Å²) in [5, 5.41) is 2.92. The number of benzene rings is 1. The van der Waals surface area contributed by atoms with Crippen molar-refractivity contribution in [3.05, 3.63) is 35.4 Å². The van der Waals surface area contributed by atoms with E-state index in [-0.39, 0.29) is 17.5 Å². The second-order valence-corrected chi connectivity index (χ2v) is 5.42. The minimum absolute atomic E-state index is 0.124. The van der Waals surface area contributed by atoms with Crippen LogP contribution in [0.4, 0.5) is 13.2 Å². The molecule has 1 aromatic carbocycles. The van der Waals surface area contributed by atoms with E-state index in [2.05, 4.69) is 12.2 Å². The quantitative estimate of drug-likeness (QED) is 0.874. The highest BCUT2D eigenvalue weighted by atomic mass is 19.4. The van der Waals surface area contributed by atoms with Crippen molar-refractivity contribution in [3.8, 4) is 0 Å². The molecule has 1 N–H and O–H groups in total. The second-order valence-electron chi connectivity index (χ2n) is 5.42. The number of rotatable bonds is 2. The zero-order chi connectivity index (χ0) is 14.8. The molecule has 2 atom stereocenters. The Kier molecular flexibility index (Phi) is 4.35. The number of alkyl halides is 3. The molecule has 1 saturated carbocycles. The van der Waals surface area contributed by atoms with Gasteiger partial charge in [-0.15, -0.1) is 0 Å². The Balaban J connectivity index is 2.02. The van der Waals surface area contributed by atoms with E-state index >= 15 is 0 Å². The number of carbonyl (C=O) groups is 1. The molecule has 2 nitrogen and oxygen atoms in total. The molecular formula is C15H18F3NO. The van der Waals surface area contributed by atoms with Gasteiger partial charge in [0.1, 0.15) is 0 Å². The van der Waals surface area contributed by atoms with Crippen molar-refractivity contribution >= 4 is 5.91 Å². The van der Waals surface area contributed by atoms with Crippen LogP contribution in [0.2, 0.25) is 0 Å². The van der Waals surface area contributed by atoms with Crippen molar-refractivity contribution in [2.75, 3.05) is 0 Å². The van der Waals surface area contributed by atoms with Crippen LogP contribution in [-0.4, -0.2) is 11.9 Å². The number of hydrogen-bond donors (Lipinski definition) is 1. The average molecular weight is 285 g/mol. The first kappa shape index (κ1) is 14.9. The Hall–Kier alpha value is -1.52. The summed E-state index contributed by atoms with van der Waals surface area (Å²) >= 11 is 0. The fourth-order valence-electron chi connectivity index (χ4n) is 2.59. The minimum atomic E-state index is -4.37. The van der Waals surface area contributed by atoms with Crippen molar-refractivity contribution in [2.24, 2.45) is 5.92 Å². The molecule has 0 radical (unpaired) electrons. The van der Waals surface area contributed by atoms with Crippen LogP contribution in [0.3, 0.4) is 0 Å². The van der Waals surface area contributed by atoms with Crippen LogP contribution in [0.25, 0.3) is 0 Å². The van der Waals surface area contributed by atoms with Gasteiger partial charge in [0.05, 0.1) is 5.56 Å². The van der Waals surface area contributed by atoms with Gasteiger partial charge in [-0.2, -0.15) is 13.2 Å². The molecule has 0 bridgehead atoms. The number of halogens is 3. The highest BCUT2D eigenvalue weighted by Crippen LogP contribution is 2.29. The highest BCUT2D eigenvalue weighted by Gasteiger charge is 2.30. The molecule has 1 aromatic rings. The molecule has 1 fully saturated rings. The van der Waals surface area contributed by atoms with Gasteiger partial charge in [0, 0.05) is 11.6 Å². The molecule has 1 amide bonds. The maximum Gasteiger partial charge on any atom is 0.416 e. The third-order valence-corrected chi connectivity index (χ3v) is 3.90. The fourth-order valence-corrected chi connectivity index (χ4v) is 2.59. The van der Waals surface area contributed by atoms with Crippen LogP contribution >= 0.6 is 0 Å². The SMILES string of the molecule is CC1CCCCC1NC(=O)c1ccc(C(F)(F)F)cc1. The summed E-state index contributed by atoms with van der Waals surface area (Å²) in [6.45, 7) is 2.09. The number of carbonyl (C=O) groups excluding carboxylic acids is 1. The van der Waals surface area contributed by atoms with Crippen molar-refractivity contribution in [2.45, 2.75) is 44.8 Å². The van der Waals surface area contributed by atoms with E-state index in [1.54, 1.807) is 0 Å². The summed E-state index contributed by atoms with van der Waals surface area (Å²) < 4.78 is 37.3. The lowest BCUT2D eigenvalue weighted by molar-refractivity contribution is -0.137. The van der Waals surface area contributed by atoms with E-state index in [9.17, 15) is 18.0 Å². The van der Waals surface area contributed by atoms with Crippen molar-refractivity contribution < 1.29 is 18.0 Å². The molecule has 0 saturated heterocycles. The van der Waals surface area contributed by atoms with E-state index in [1.165, 1.54) is 18.6 Å². The van der Waals surface area contributed by atoms with Crippen molar-refractivity contribution in [3.63, 3.8) is 0 Å². The summed E-state index contributed by atoms with van der Waals surface area (Å²) in [6, 6.07) is 4.47. The van der Waals surface area contributed by atoms with Gasteiger partial charge in [-0.25, -0.2) is 0 Å². The Morgan fingerprint density at radius 3 is 2.30 bits per heavy atom. The van der Waals surface area contributed by atoms with E-state index < -0.39 is 11.7 Å². The summed E-state index contributed by atoms with van der Waals surface area (Å²) in [5.74, 6) is 0.125. The van der Waals surface area contributed by atoms with E-state index in [0.717, 1.165) is 31.4 Å². The molecule has 2 unspecified atom stereocenters. The summed E-state index contributed by atoms with van der Waals surface area (Å²) in [5.41, 5.74) is -0.462. The number of nitrogens with one attached hydrogen (secondary N) is 1. The molecule has 2 rings (SSSR count). The molecule has 1 aliphatic carbocycles. The molecule has 0 heterocycles. The lowest BCUT2D eigenvalue weighted by atomic mass is 9.86. The fraction of sp³-hybridized carbons (Fsp3) is 0.533. The molecule has 0 aliphatic heterocycles. The third kappa shape index (κ3) is 3.52. The largest absolute Gasteiger partial charge is 0.416 e. The standard InChI is InChI=1S/C15H18F3NO/c1-10-4-2-3-5-13(10)19-14(20)11-6-8-12(9-7-11)15(16,17)18/h6-10,13H,2-5H2,1H3,(H,19,20). The van der Waals surface area contributed by atoms with Crippen molar-refractivity contribution in [1.29, 1.82) is 0 Å². The van der Waals surface area contributed by atoms with Crippen LogP contribution in [0.5, 0.6) is 0 Å². The number of hydrogen-bond acceptors (Lipinski definition) is 1. The lowest BCUT2D eigenvalue weighted by Gasteiger charge is -2.29. The number of amides is 1.